The summed E-state index contributed by atoms with van der Waals surface area (Å²) in [6, 6.07) is 16.8. The maximum absolute atomic E-state index is 11.7. The summed E-state index contributed by atoms with van der Waals surface area (Å²) >= 11 is 0. The second-order valence-electron chi connectivity index (χ2n) is 8.03. The number of methoxy groups -OCH3 is 1. The first-order valence-electron chi connectivity index (χ1n) is 10.4. The van der Waals surface area contributed by atoms with Crippen LogP contribution in [0.1, 0.15) is 30.9 Å². The number of hydrogen-bond donors (Lipinski definition) is 1. The van der Waals surface area contributed by atoms with Gasteiger partial charge in [0, 0.05) is 28.8 Å². The minimum absolute atomic E-state index is 0.0486. The Kier molecular flexibility index (Phi) is 6.31. The molecular weight excluding hydrogens is 440 g/mol. The molecule has 0 aliphatic carbocycles. The summed E-state index contributed by atoms with van der Waals surface area (Å²) in [5, 5.41) is 0. The number of oxazole rings is 1. The third-order valence-corrected chi connectivity index (χ3v) is 6.23. The van der Waals surface area contributed by atoms with Gasteiger partial charge in [0.1, 0.15) is 10.6 Å². The molecule has 0 saturated heterocycles. The molecule has 0 amide bonds. The lowest BCUT2D eigenvalue weighted by atomic mass is 10.0. The van der Waals surface area contributed by atoms with Crippen LogP contribution in [-0.2, 0) is 16.7 Å². The van der Waals surface area contributed by atoms with Gasteiger partial charge in [-0.2, -0.15) is 8.42 Å². The monoisotopic (exact) mass is 465 g/mol. The fraction of sp³-hybridized carbons (Fsp3) is 0.200. The minimum atomic E-state index is -4.45. The first-order chi connectivity index (χ1) is 15.7. The molecule has 8 heteroatoms. The van der Waals surface area contributed by atoms with Crippen LogP contribution in [0.2, 0.25) is 0 Å². The second-order valence-corrected chi connectivity index (χ2v) is 9.42. The lowest BCUT2D eigenvalue weighted by Gasteiger charge is -2.07. The van der Waals surface area contributed by atoms with Crippen LogP contribution in [0.25, 0.3) is 22.8 Å². The van der Waals surface area contributed by atoms with Gasteiger partial charge in [0.15, 0.2) is 24.7 Å². The van der Waals surface area contributed by atoms with E-state index in [4.69, 9.17) is 9.15 Å². The van der Waals surface area contributed by atoms with Gasteiger partial charge in [-0.05, 0) is 35.7 Å². The largest absolute Gasteiger partial charge is 0.495 e. The van der Waals surface area contributed by atoms with Crippen LogP contribution in [0.5, 0.6) is 5.75 Å². The molecule has 0 unspecified atom stereocenters. The molecule has 0 bridgehead atoms. The third kappa shape index (κ3) is 5.13. The minimum Gasteiger partial charge on any atom is -0.495 e. The van der Waals surface area contributed by atoms with Crippen molar-refractivity contribution >= 4 is 10.1 Å². The van der Waals surface area contributed by atoms with Crippen LogP contribution in [0.4, 0.5) is 0 Å². The van der Waals surface area contributed by atoms with Crippen molar-refractivity contribution < 1.29 is 26.7 Å². The van der Waals surface area contributed by atoms with Gasteiger partial charge in [0.05, 0.1) is 13.3 Å². The fourth-order valence-corrected chi connectivity index (χ4v) is 4.22. The second kappa shape index (κ2) is 9.17. The Morgan fingerprint density at radius 3 is 2.48 bits per heavy atom. The first-order valence-corrected chi connectivity index (χ1v) is 11.9. The number of pyridine rings is 1. The van der Waals surface area contributed by atoms with Crippen molar-refractivity contribution in [2.45, 2.75) is 31.2 Å². The van der Waals surface area contributed by atoms with E-state index in [1.165, 1.54) is 36.6 Å². The van der Waals surface area contributed by atoms with E-state index in [1.54, 1.807) is 6.07 Å². The van der Waals surface area contributed by atoms with Gasteiger partial charge >= 0.3 is 0 Å². The number of hydrogen-bond acceptors (Lipinski definition) is 5. The number of nitrogens with zero attached hydrogens (tertiary/aromatic N) is 2. The maximum atomic E-state index is 11.7. The van der Waals surface area contributed by atoms with E-state index >= 15 is 0 Å². The average molecular weight is 466 g/mol. The maximum Gasteiger partial charge on any atom is 0.298 e. The van der Waals surface area contributed by atoms with Crippen LogP contribution in [0, 0.1) is 0 Å². The highest BCUT2D eigenvalue weighted by molar-refractivity contribution is 7.86. The topological polar surface area (TPSA) is 93.5 Å². The molecule has 0 aliphatic heterocycles. The van der Waals surface area contributed by atoms with Gasteiger partial charge in [-0.1, -0.05) is 32.0 Å². The quantitative estimate of drug-likeness (QED) is 0.313. The average Bonchev–Trinajstić information content (AvgIpc) is 3.29. The zero-order chi connectivity index (χ0) is 23.6. The van der Waals surface area contributed by atoms with Gasteiger partial charge in [0.25, 0.3) is 10.1 Å². The molecule has 0 spiro atoms. The van der Waals surface area contributed by atoms with E-state index in [0.29, 0.717) is 23.1 Å². The Bertz CT molecular complexity index is 1380. The van der Waals surface area contributed by atoms with E-state index in [-0.39, 0.29) is 10.6 Å². The van der Waals surface area contributed by atoms with Crippen molar-refractivity contribution in [1.82, 2.24) is 4.98 Å². The third-order valence-electron chi connectivity index (χ3n) is 5.35. The molecule has 1 N–H and O–H groups in total. The molecule has 0 saturated carbocycles. The smallest absolute Gasteiger partial charge is 0.298 e. The van der Waals surface area contributed by atoms with Gasteiger partial charge in [-0.3, -0.25) is 4.55 Å². The summed E-state index contributed by atoms with van der Waals surface area (Å²) < 4.78 is 45.8. The van der Waals surface area contributed by atoms with E-state index in [1.807, 2.05) is 24.5 Å². The molecule has 4 aromatic rings. The molecule has 0 radical (unpaired) electrons. The highest BCUT2D eigenvalue weighted by Crippen LogP contribution is 2.31. The van der Waals surface area contributed by atoms with Crippen LogP contribution in [0.15, 0.2) is 82.5 Å². The number of benzene rings is 2. The molecule has 0 aliphatic rings. The van der Waals surface area contributed by atoms with E-state index in [0.717, 1.165) is 12.1 Å². The summed E-state index contributed by atoms with van der Waals surface area (Å²) in [5.74, 6) is 1.31. The lowest BCUT2D eigenvalue weighted by molar-refractivity contribution is -0.688. The fourth-order valence-electron chi connectivity index (χ4n) is 3.54. The Balaban J connectivity index is 1.55. The van der Waals surface area contributed by atoms with Crippen molar-refractivity contribution in [2.24, 2.45) is 0 Å². The summed E-state index contributed by atoms with van der Waals surface area (Å²) in [4.78, 5) is 3.99. The molecule has 2 aromatic carbocycles. The molecule has 170 valence electrons. The number of aromatic nitrogens is 2. The standard InChI is InChI=1S/C25H24N2O5S/c1-17(2)20-6-4-5-18(13-20)16-27-11-9-19(10-12-27)25-26-15-23(32-25)21-7-8-22(31-3)24(14-21)33(28,29)30/h4-15,17H,16H2,1-3H3/p+1. The highest BCUT2D eigenvalue weighted by Gasteiger charge is 2.19. The Hall–Kier alpha value is -3.49. The van der Waals surface area contributed by atoms with Gasteiger partial charge in [-0.15, -0.1) is 0 Å². The van der Waals surface area contributed by atoms with Crippen molar-refractivity contribution in [2.75, 3.05) is 7.11 Å². The first kappa shape index (κ1) is 22.7. The Labute approximate surface area is 193 Å². The molecule has 33 heavy (non-hydrogen) atoms. The normalized spacial score (nSPS) is 11.7. The number of rotatable bonds is 7. The summed E-state index contributed by atoms with van der Waals surface area (Å²) in [7, 11) is -3.12. The van der Waals surface area contributed by atoms with Crippen LogP contribution in [0.3, 0.4) is 0 Å². The zero-order valence-corrected chi connectivity index (χ0v) is 19.4. The Morgan fingerprint density at radius 2 is 1.82 bits per heavy atom. The van der Waals surface area contributed by atoms with Gasteiger partial charge in [0.2, 0.25) is 5.89 Å². The van der Waals surface area contributed by atoms with E-state index in [2.05, 4.69) is 47.7 Å². The molecule has 2 aromatic heterocycles. The molecule has 0 atom stereocenters. The zero-order valence-electron chi connectivity index (χ0n) is 18.6. The van der Waals surface area contributed by atoms with Crippen LogP contribution in [-0.4, -0.2) is 25.1 Å². The van der Waals surface area contributed by atoms with Gasteiger partial charge in [-0.25, -0.2) is 9.55 Å². The summed E-state index contributed by atoms with van der Waals surface area (Å²) in [6.07, 6.45) is 5.44. The van der Waals surface area contributed by atoms with Crippen molar-refractivity contribution in [3.05, 3.63) is 84.3 Å². The summed E-state index contributed by atoms with van der Waals surface area (Å²) in [6.45, 7) is 5.12. The SMILES string of the molecule is COc1ccc(-c2cnc(-c3cc[n+](Cc4cccc(C(C)C)c4)cc3)o2)cc1S(=O)(=O)O. The lowest BCUT2D eigenvalue weighted by Crippen LogP contribution is -2.33. The predicted molar refractivity (Wildman–Crippen MR) is 124 cm³/mol. The van der Waals surface area contributed by atoms with Crippen LogP contribution < -0.4 is 9.30 Å². The number of ether oxygens (including phenoxy) is 1. The van der Waals surface area contributed by atoms with Crippen molar-refractivity contribution in [3.8, 4) is 28.5 Å². The van der Waals surface area contributed by atoms with Gasteiger partial charge < -0.3 is 9.15 Å². The predicted octanol–water partition coefficient (Wildman–Crippen LogP) is 4.72. The Morgan fingerprint density at radius 1 is 1.06 bits per heavy atom. The van der Waals surface area contributed by atoms with Crippen molar-refractivity contribution in [3.63, 3.8) is 0 Å². The highest BCUT2D eigenvalue weighted by atomic mass is 32.2. The van der Waals surface area contributed by atoms with E-state index in [9.17, 15) is 13.0 Å². The molecule has 7 nitrogen and oxygen atoms in total. The van der Waals surface area contributed by atoms with Crippen LogP contribution >= 0.6 is 0 Å². The molecule has 0 fully saturated rings. The molecular formula is C25H25N2O5S+. The molecule has 2 heterocycles. The van der Waals surface area contributed by atoms with E-state index < -0.39 is 10.1 Å². The van der Waals surface area contributed by atoms with Crippen molar-refractivity contribution in [1.29, 1.82) is 0 Å². The summed E-state index contributed by atoms with van der Waals surface area (Å²) in [5.41, 5.74) is 3.79. The molecule has 4 rings (SSSR count).